The van der Waals surface area contributed by atoms with Gasteiger partial charge in [0.2, 0.25) is 0 Å². The van der Waals surface area contributed by atoms with Crippen molar-refractivity contribution >= 4 is 33.7 Å². The molecule has 1 saturated carbocycles. The lowest BCUT2D eigenvalue weighted by molar-refractivity contribution is 0.0259. The van der Waals surface area contributed by atoms with Crippen molar-refractivity contribution in [3.8, 4) is 11.3 Å². The van der Waals surface area contributed by atoms with E-state index in [9.17, 15) is 0 Å². The lowest BCUT2D eigenvalue weighted by Crippen LogP contribution is -2.48. The Morgan fingerprint density at radius 1 is 1.43 bits per heavy atom. The Bertz CT molecular complexity index is 653. The van der Waals surface area contributed by atoms with Crippen LogP contribution in [0.2, 0.25) is 0 Å². The van der Waals surface area contributed by atoms with Gasteiger partial charge in [0, 0.05) is 11.9 Å². The third-order valence-corrected chi connectivity index (χ3v) is 5.99. The maximum atomic E-state index is 6.13. The highest BCUT2D eigenvalue weighted by Crippen LogP contribution is 2.43. The van der Waals surface area contributed by atoms with E-state index in [0.29, 0.717) is 18.0 Å². The van der Waals surface area contributed by atoms with Crippen molar-refractivity contribution in [3.63, 3.8) is 0 Å². The number of nitrogens with zero attached hydrogens (tertiary/aromatic N) is 3. The van der Waals surface area contributed by atoms with Gasteiger partial charge in [-0.25, -0.2) is 4.98 Å². The summed E-state index contributed by atoms with van der Waals surface area (Å²) in [6.45, 7) is 3.72. The van der Waals surface area contributed by atoms with Gasteiger partial charge in [0.1, 0.15) is 10.8 Å². The number of fused-ring (bicyclic) bond motifs is 1. The first-order valence-corrected chi connectivity index (χ1v) is 8.95. The highest BCUT2D eigenvalue weighted by Gasteiger charge is 2.38. The summed E-state index contributed by atoms with van der Waals surface area (Å²) in [5, 5.41) is 4.30. The fraction of sp³-hybridized carbons (Fsp3) is 0.571. The molecule has 21 heavy (non-hydrogen) atoms. The van der Waals surface area contributed by atoms with Gasteiger partial charge in [0.05, 0.1) is 35.0 Å². The minimum atomic E-state index is 0.368. The van der Waals surface area contributed by atoms with Crippen LogP contribution in [0.3, 0.4) is 0 Å². The number of hydrogen-bond acceptors (Lipinski definition) is 7. The molecule has 112 valence electrons. The van der Waals surface area contributed by atoms with Crippen LogP contribution in [0.25, 0.3) is 11.3 Å². The van der Waals surface area contributed by atoms with Gasteiger partial charge in [-0.2, -0.15) is 4.37 Å². The van der Waals surface area contributed by atoms with Crippen molar-refractivity contribution in [3.05, 3.63) is 10.4 Å². The first-order chi connectivity index (χ1) is 10.2. The Kier molecular flexibility index (Phi) is 3.35. The zero-order chi connectivity index (χ0) is 14.4. The minimum Gasteiger partial charge on any atom is -0.382 e. The van der Waals surface area contributed by atoms with Crippen molar-refractivity contribution in [1.82, 2.24) is 9.36 Å². The normalized spacial score (nSPS) is 25.3. The second kappa shape index (κ2) is 5.23. The average molecular weight is 322 g/mol. The summed E-state index contributed by atoms with van der Waals surface area (Å²) in [6, 6.07) is 0.470. The van der Waals surface area contributed by atoms with Crippen LogP contribution in [0, 0.1) is 6.92 Å². The largest absolute Gasteiger partial charge is 0.382 e. The zero-order valence-corrected chi connectivity index (χ0v) is 13.5. The van der Waals surface area contributed by atoms with Gasteiger partial charge >= 0.3 is 0 Å². The van der Waals surface area contributed by atoms with Gasteiger partial charge in [0.25, 0.3) is 0 Å². The van der Waals surface area contributed by atoms with Crippen LogP contribution in [0.5, 0.6) is 0 Å². The monoisotopic (exact) mass is 322 g/mol. The van der Waals surface area contributed by atoms with Gasteiger partial charge in [-0.1, -0.05) is 0 Å². The van der Waals surface area contributed by atoms with Crippen LogP contribution in [-0.2, 0) is 4.74 Å². The molecule has 0 aromatic carbocycles. The molecule has 2 N–H and O–H groups in total. The molecule has 0 spiro atoms. The Morgan fingerprint density at radius 3 is 3.14 bits per heavy atom. The predicted octanol–water partition coefficient (Wildman–Crippen LogP) is 2.91. The van der Waals surface area contributed by atoms with Crippen LogP contribution in [0.4, 0.5) is 10.8 Å². The molecule has 2 atom stereocenters. The van der Waals surface area contributed by atoms with Crippen LogP contribution in [0.1, 0.15) is 24.3 Å². The molecule has 2 unspecified atom stereocenters. The molecule has 1 aliphatic heterocycles. The average Bonchev–Trinajstić information content (AvgIpc) is 3.17. The number of rotatable bonds is 2. The smallest absolute Gasteiger partial charge is 0.148 e. The molecule has 2 aromatic heterocycles. The van der Waals surface area contributed by atoms with Crippen LogP contribution < -0.4 is 10.6 Å². The molecule has 0 amide bonds. The highest BCUT2D eigenvalue weighted by molar-refractivity contribution is 7.11. The Hall–Kier alpha value is -1.18. The summed E-state index contributed by atoms with van der Waals surface area (Å²) >= 11 is 3.15. The van der Waals surface area contributed by atoms with Crippen molar-refractivity contribution in [1.29, 1.82) is 0 Å². The van der Waals surface area contributed by atoms with Crippen molar-refractivity contribution in [2.45, 2.75) is 38.3 Å². The molecule has 2 aliphatic rings. The summed E-state index contributed by atoms with van der Waals surface area (Å²) in [5.74, 6) is 0.598. The third kappa shape index (κ3) is 2.23. The van der Waals surface area contributed by atoms with Gasteiger partial charge in [0.15, 0.2) is 0 Å². The molecular weight excluding hydrogens is 304 g/mol. The molecule has 5 nitrogen and oxygen atoms in total. The molecule has 4 rings (SSSR count). The topological polar surface area (TPSA) is 64.3 Å². The number of nitrogen functional groups attached to an aromatic ring is 1. The van der Waals surface area contributed by atoms with E-state index in [0.717, 1.165) is 34.4 Å². The SMILES string of the molecule is Cc1nc(-c2c(N)nsc2N2CCOC3CCCC32)cs1. The second-order valence-corrected chi connectivity index (χ2v) is 7.41. The number of hydrogen-bond donors (Lipinski definition) is 1. The van der Waals surface area contributed by atoms with Crippen molar-refractivity contribution < 1.29 is 4.74 Å². The van der Waals surface area contributed by atoms with Crippen LogP contribution >= 0.6 is 22.9 Å². The Morgan fingerprint density at radius 2 is 2.33 bits per heavy atom. The van der Waals surface area contributed by atoms with E-state index in [1.54, 1.807) is 11.3 Å². The molecule has 0 bridgehead atoms. The highest BCUT2D eigenvalue weighted by atomic mass is 32.1. The molecule has 3 heterocycles. The minimum absolute atomic E-state index is 0.368. The summed E-state index contributed by atoms with van der Waals surface area (Å²) in [6.07, 6.45) is 3.97. The van der Waals surface area contributed by atoms with Crippen molar-refractivity contribution in [2.75, 3.05) is 23.8 Å². The Labute approximate surface area is 131 Å². The lowest BCUT2D eigenvalue weighted by Gasteiger charge is -2.38. The van der Waals surface area contributed by atoms with E-state index in [4.69, 9.17) is 10.5 Å². The fourth-order valence-corrected chi connectivity index (χ4v) is 4.90. The molecule has 1 aliphatic carbocycles. The predicted molar refractivity (Wildman–Crippen MR) is 87.1 cm³/mol. The van der Waals surface area contributed by atoms with Gasteiger partial charge in [-0.15, -0.1) is 11.3 Å². The maximum absolute atomic E-state index is 6.13. The molecule has 7 heteroatoms. The maximum Gasteiger partial charge on any atom is 0.148 e. The van der Waals surface area contributed by atoms with Gasteiger partial charge in [-0.3, -0.25) is 0 Å². The first-order valence-electron chi connectivity index (χ1n) is 7.30. The summed E-state index contributed by atoms with van der Waals surface area (Å²) in [4.78, 5) is 7.06. The van der Waals surface area contributed by atoms with Crippen LogP contribution in [-0.4, -0.2) is 34.7 Å². The Balaban J connectivity index is 1.75. The molecule has 1 saturated heterocycles. The molecule has 2 aromatic rings. The number of anilines is 2. The van der Waals surface area contributed by atoms with Crippen LogP contribution in [0.15, 0.2) is 5.38 Å². The zero-order valence-electron chi connectivity index (χ0n) is 11.9. The van der Waals surface area contributed by atoms with E-state index in [2.05, 4.69) is 19.6 Å². The van der Waals surface area contributed by atoms with E-state index in [1.807, 2.05) is 6.92 Å². The fourth-order valence-electron chi connectivity index (χ4n) is 3.39. The third-order valence-electron chi connectivity index (χ3n) is 4.32. The van der Waals surface area contributed by atoms with Gasteiger partial charge in [-0.05, 0) is 37.7 Å². The number of ether oxygens (including phenoxy) is 1. The lowest BCUT2D eigenvalue weighted by atomic mass is 10.1. The molecule has 2 fully saturated rings. The van der Waals surface area contributed by atoms with E-state index in [1.165, 1.54) is 30.8 Å². The van der Waals surface area contributed by atoms with E-state index < -0.39 is 0 Å². The quantitative estimate of drug-likeness (QED) is 0.921. The molecule has 0 radical (unpaired) electrons. The summed E-state index contributed by atoms with van der Waals surface area (Å²) < 4.78 is 10.3. The second-order valence-electron chi connectivity index (χ2n) is 5.60. The van der Waals surface area contributed by atoms with E-state index >= 15 is 0 Å². The number of aryl methyl sites for hydroxylation is 1. The number of nitrogens with two attached hydrogens (primary N) is 1. The number of aromatic nitrogens is 2. The van der Waals surface area contributed by atoms with E-state index in [-0.39, 0.29) is 0 Å². The summed E-state index contributed by atoms with van der Waals surface area (Å²) in [5.41, 5.74) is 8.10. The molecular formula is C14H18N4OS2. The standard InChI is InChI=1S/C14H18N4OS2/c1-8-16-9(7-20-8)12-13(15)17-21-14(12)18-5-6-19-11-4-2-3-10(11)18/h7,10-11H,2-6H2,1H3,(H2,15,17). The van der Waals surface area contributed by atoms with Crippen molar-refractivity contribution in [2.24, 2.45) is 0 Å². The van der Waals surface area contributed by atoms with Gasteiger partial charge < -0.3 is 15.4 Å². The number of morpholine rings is 1. The first kappa shape index (κ1) is 13.5. The number of thiazole rings is 1. The summed E-state index contributed by atoms with van der Waals surface area (Å²) in [7, 11) is 0.